The number of halogens is 2. The Morgan fingerprint density at radius 2 is 1.03 bits per heavy atom. The van der Waals surface area contributed by atoms with Crippen LogP contribution in [0.25, 0.3) is 21.8 Å². The summed E-state index contributed by atoms with van der Waals surface area (Å²) >= 11 is 6.43. The molecule has 0 bridgehead atoms. The highest BCUT2D eigenvalue weighted by molar-refractivity contribution is 6.35. The van der Waals surface area contributed by atoms with E-state index in [1.165, 1.54) is 9.13 Å². The van der Waals surface area contributed by atoms with E-state index in [9.17, 15) is 33.2 Å². The normalized spacial score (nSPS) is 11.6. The van der Waals surface area contributed by atoms with Gasteiger partial charge >= 0.3 is 11.4 Å². The minimum absolute atomic E-state index is 0.0441. The van der Waals surface area contributed by atoms with Gasteiger partial charge in [0.05, 0.1) is 46.5 Å². The van der Waals surface area contributed by atoms with E-state index in [0.717, 1.165) is 21.3 Å². The standard InChI is InChI=1S/C26H23ClN2O3.C26H23FN2O3/c1-2-23(30)20-13-11-19(12-14-20)17-29-24-21(9-6-10-22(24)27)25(31)28(26(29)32)16-15-18-7-4-3-5-8-18;1-2-24(30)20-14-12-18(13-15-20)16-28-23-11-7-6-10-21(23)25(31)29(26(28)32)17-22(27)19-8-4-3-5-9-19/h3-14H,2,15-17H2,1H3;3-15,22H,2,16-17H2,1H3. The predicted octanol–water partition coefficient (Wildman–Crippen LogP) is 9.22. The quantitative estimate of drug-likeness (QED) is 0.101. The molecule has 8 rings (SSSR count). The van der Waals surface area contributed by atoms with Gasteiger partial charge in [-0.15, -0.1) is 0 Å². The third-order valence-electron chi connectivity index (χ3n) is 11.2. The number of aryl methyl sites for hydroxylation is 1. The molecule has 12 heteroatoms. The highest BCUT2D eigenvalue weighted by Gasteiger charge is 2.19. The number of hydrogen-bond acceptors (Lipinski definition) is 6. The zero-order chi connectivity index (χ0) is 45.3. The van der Waals surface area contributed by atoms with Gasteiger partial charge in [-0.25, -0.2) is 14.0 Å². The van der Waals surface area contributed by atoms with E-state index in [1.54, 1.807) is 121 Å². The summed E-state index contributed by atoms with van der Waals surface area (Å²) in [6.07, 6.45) is -0.0720. The van der Waals surface area contributed by atoms with E-state index in [1.807, 2.05) is 49.4 Å². The van der Waals surface area contributed by atoms with Crippen LogP contribution < -0.4 is 22.5 Å². The summed E-state index contributed by atoms with van der Waals surface area (Å²) in [5.74, 6) is 0.110. The monoisotopic (exact) mass is 876 g/mol. The molecule has 0 radical (unpaired) electrons. The first kappa shape index (κ1) is 44.8. The van der Waals surface area contributed by atoms with Gasteiger partial charge in [0.2, 0.25) is 0 Å². The van der Waals surface area contributed by atoms with Crippen molar-refractivity contribution in [2.24, 2.45) is 0 Å². The number of para-hydroxylation sites is 2. The molecule has 0 fully saturated rings. The molecule has 10 nitrogen and oxygen atoms in total. The van der Waals surface area contributed by atoms with E-state index >= 15 is 0 Å². The van der Waals surface area contributed by atoms with Gasteiger partial charge in [0, 0.05) is 30.5 Å². The molecule has 1 atom stereocenters. The minimum atomic E-state index is -1.49. The minimum Gasteiger partial charge on any atom is -0.294 e. The van der Waals surface area contributed by atoms with Crippen molar-refractivity contribution >= 4 is 45.0 Å². The van der Waals surface area contributed by atoms with Gasteiger partial charge in [-0.3, -0.25) is 37.4 Å². The summed E-state index contributed by atoms with van der Waals surface area (Å²) < 4.78 is 20.2. The third-order valence-corrected chi connectivity index (χ3v) is 11.5. The first-order chi connectivity index (χ1) is 31.0. The summed E-state index contributed by atoms with van der Waals surface area (Å²) in [5, 5.41) is 1.11. The van der Waals surface area contributed by atoms with Crippen LogP contribution in [0.15, 0.2) is 171 Å². The third kappa shape index (κ3) is 9.85. The van der Waals surface area contributed by atoms with Crippen molar-refractivity contribution in [2.75, 3.05) is 0 Å². The smallest absolute Gasteiger partial charge is 0.294 e. The van der Waals surface area contributed by atoms with Crippen molar-refractivity contribution in [1.82, 2.24) is 18.3 Å². The number of carbonyl (C=O) groups excluding carboxylic acids is 2. The van der Waals surface area contributed by atoms with Crippen LogP contribution in [-0.4, -0.2) is 29.8 Å². The van der Waals surface area contributed by atoms with E-state index in [-0.39, 0.29) is 43.3 Å². The summed E-state index contributed by atoms with van der Waals surface area (Å²) in [6, 6.07) is 44.4. The molecule has 0 aliphatic carbocycles. The van der Waals surface area contributed by atoms with Crippen LogP contribution in [0.3, 0.4) is 0 Å². The van der Waals surface area contributed by atoms with Gasteiger partial charge in [0.25, 0.3) is 11.1 Å². The summed E-state index contributed by atoms with van der Waals surface area (Å²) in [5.41, 5.74) is 3.44. The van der Waals surface area contributed by atoms with Crippen LogP contribution in [0.1, 0.15) is 75.8 Å². The van der Waals surface area contributed by atoms with Crippen LogP contribution in [0.4, 0.5) is 4.39 Å². The van der Waals surface area contributed by atoms with Gasteiger partial charge in [0.15, 0.2) is 11.6 Å². The predicted molar refractivity (Wildman–Crippen MR) is 251 cm³/mol. The van der Waals surface area contributed by atoms with Crippen molar-refractivity contribution in [1.29, 1.82) is 0 Å². The van der Waals surface area contributed by atoms with E-state index in [4.69, 9.17) is 11.6 Å². The second-order valence-electron chi connectivity index (χ2n) is 15.3. The first-order valence-electron chi connectivity index (χ1n) is 21.1. The molecule has 0 saturated carbocycles. The number of aromatic nitrogens is 4. The van der Waals surface area contributed by atoms with Crippen molar-refractivity contribution < 1.29 is 14.0 Å². The Kier molecular flexibility index (Phi) is 14.2. The second-order valence-corrected chi connectivity index (χ2v) is 15.7. The average Bonchev–Trinajstić information content (AvgIpc) is 3.33. The Bertz CT molecular complexity index is 3200. The number of nitrogens with zero attached hydrogens (tertiary/aromatic N) is 4. The maximum atomic E-state index is 15.0. The molecule has 2 heterocycles. The van der Waals surface area contributed by atoms with Gasteiger partial charge in [0.1, 0.15) is 6.17 Å². The van der Waals surface area contributed by atoms with Crippen LogP contribution >= 0.6 is 11.6 Å². The summed E-state index contributed by atoms with van der Waals surface area (Å²) in [7, 11) is 0. The van der Waals surface area contributed by atoms with E-state index in [2.05, 4.69) is 0 Å². The summed E-state index contributed by atoms with van der Waals surface area (Å²) in [6.45, 7) is 3.97. The Morgan fingerprint density at radius 1 is 0.531 bits per heavy atom. The second kappa shape index (κ2) is 20.3. The number of carbonyl (C=O) groups is 2. The molecule has 1 unspecified atom stereocenters. The SMILES string of the molecule is CCC(=O)c1ccc(Cn2c(=O)n(CC(F)c3ccccc3)c(=O)c3ccccc32)cc1.CCC(=O)c1ccc(Cn2c(=O)n(CCc3ccccc3)c(=O)c3cccc(Cl)c32)cc1. The molecule has 0 amide bonds. The lowest BCUT2D eigenvalue weighted by Gasteiger charge is -2.16. The Hall–Kier alpha value is -7.24. The Labute approximate surface area is 373 Å². The maximum Gasteiger partial charge on any atom is 0.331 e. The fraction of sp³-hybridized carbons (Fsp3) is 0.192. The number of alkyl halides is 1. The van der Waals surface area contributed by atoms with E-state index in [0.29, 0.717) is 62.8 Å². The van der Waals surface area contributed by atoms with E-state index < -0.39 is 23.1 Å². The lowest BCUT2D eigenvalue weighted by Crippen LogP contribution is -2.41. The largest absolute Gasteiger partial charge is 0.331 e. The maximum absolute atomic E-state index is 15.0. The van der Waals surface area contributed by atoms with Crippen molar-refractivity contribution in [3.8, 4) is 0 Å². The zero-order valence-corrected chi connectivity index (χ0v) is 36.2. The molecule has 324 valence electrons. The van der Waals surface area contributed by atoms with Crippen LogP contribution in [0.5, 0.6) is 0 Å². The van der Waals surface area contributed by atoms with Crippen molar-refractivity contribution in [3.63, 3.8) is 0 Å². The molecular formula is C52H46ClFN4O6. The number of hydrogen-bond donors (Lipinski definition) is 0. The number of fused-ring (bicyclic) bond motifs is 2. The van der Waals surface area contributed by atoms with Gasteiger partial charge in [-0.2, -0.15) is 0 Å². The molecule has 0 N–H and O–H groups in total. The highest BCUT2D eigenvalue weighted by Crippen LogP contribution is 2.22. The number of benzene rings is 6. The zero-order valence-electron chi connectivity index (χ0n) is 35.5. The van der Waals surface area contributed by atoms with Crippen molar-refractivity contribution in [2.45, 2.75) is 65.5 Å². The molecule has 0 spiro atoms. The lowest BCUT2D eigenvalue weighted by molar-refractivity contribution is 0.0980. The summed E-state index contributed by atoms with van der Waals surface area (Å²) in [4.78, 5) is 76.7. The lowest BCUT2D eigenvalue weighted by atomic mass is 10.1. The molecule has 2 aromatic heterocycles. The van der Waals surface area contributed by atoms with Gasteiger partial charge in [-0.1, -0.05) is 153 Å². The van der Waals surface area contributed by atoms with Crippen LogP contribution in [0, 0.1) is 0 Å². The molecule has 6 aromatic carbocycles. The van der Waals surface area contributed by atoms with Crippen LogP contribution in [0.2, 0.25) is 5.02 Å². The first-order valence-corrected chi connectivity index (χ1v) is 21.5. The Morgan fingerprint density at radius 3 is 1.62 bits per heavy atom. The van der Waals surface area contributed by atoms with Gasteiger partial charge in [-0.05, 0) is 52.9 Å². The number of Topliss-reactive ketones (excluding diaryl/α,β-unsaturated/α-hetero) is 2. The average molecular weight is 877 g/mol. The topological polar surface area (TPSA) is 122 Å². The molecule has 0 saturated heterocycles. The van der Waals surface area contributed by atoms with Crippen LogP contribution in [-0.2, 0) is 32.6 Å². The van der Waals surface area contributed by atoms with Crippen molar-refractivity contribution in [3.05, 3.63) is 232 Å². The fourth-order valence-electron chi connectivity index (χ4n) is 7.64. The number of ketones is 2. The highest BCUT2D eigenvalue weighted by atomic mass is 35.5. The molecular weight excluding hydrogens is 831 g/mol. The van der Waals surface area contributed by atoms with Gasteiger partial charge < -0.3 is 0 Å². The molecule has 64 heavy (non-hydrogen) atoms. The Balaban J connectivity index is 0.000000191. The molecule has 0 aliphatic heterocycles. The molecule has 0 aliphatic rings. The number of rotatable bonds is 14. The fourth-order valence-corrected chi connectivity index (χ4v) is 7.92. The molecule has 8 aromatic rings.